The van der Waals surface area contributed by atoms with Crippen molar-refractivity contribution in [3.63, 3.8) is 0 Å². The summed E-state index contributed by atoms with van der Waals surface area (Å²) in [5.74, 6) is 0.484. The van der Waals surface area contributed by atoms with Crippen molar-refractivity contribution in [2.24, 2.45) is 0 Å². The van der Waals surface area contributed by atoms with Crippen LogP contribution in [0.5, 0.6) is 0 Å². The first-order valence-corrected chi connectivity index (χ1v) is 7.20. The van der Waals surface area contributed by atoms with Crippen molar-refractivity contribution in [3.05, 3.63) is 42.9 Å². The summed E-state index contributed by atoms with van der Waals surface area (Å²) < 4.78 is 0. The summed E-state index contributed by atoms with van der Waals surface area (Å²) >= 11 is 4.06. The maximum absolute atomic E-state index is 11.6. The van der Waals surface area contributed by atoms with Gasteiger partial charge in [-0.1, -0.05) is 12.1 Å². The number of carbonyl (C=O) groups excluding carboxylic acids is 1. The number of benzene rings is 1. The number of carbonyl (C=O) groups is 1. The first-order valence-electron chi connectivity index (χ1n) is 6.57. The van der Waals surface area contributed by atoms with Crippen LogP contribution in [0.25, 0.3) is 22.3 Å². The Bertz CT molecular complexity index is 784. The van der Waals surface area contributed by atoms with Crippen molar-refractivity contribution in [1.29, 1.82) is 0 Å². The molecule has 5 nitrogen and oxygen atoms in total. The summed E-state index contributed by atoms with van der Waals surface area (Å²) in [4.78, 5) is 23.2. The Hall–Kier alpha value is -2.34. The highest BCUT2D eigenvalue weighted by Crippen LogP contribution is 2.26. The number of anilines is 1. The zero-order valence-corrected chi connectivity index (χ0v) is 12.1. The Labute approximate surface area is 127 Å². The number of H-pyrrole nitrogens is 1. The van der Waals surface area contributed by atoms with Gasteiger partial charge >= 0.3 is 0 Å². The lowest BCUT2D eigenvalue weighted by molar-refractivity contribution is -0.115. The molecule has 0 spiro atoms. The number of hydrogen-bond acceptors (Lipinski definition) is 4. The van der Waals surface area contributed by atoms with E-state index in [1.807, 2.05) is 36.5 Å². The van der Waals surface area contributed by atoms with Gasteiger partial charge in [-0.25, -0.2) is 9.97 Å². The normalized spacial score (nSPS) is 10.7. The molecule has 0 atom stereocenters. The van der Waals surface area contributed by atoms with E-state index in [0.717, 1.165) is 28.0 Å². The van der Waals surface area contributed by atoms with Gasteiger partial charge in [-0.15, -0.1) is 0 Å². The summed E-state index contributed by atoms with van der Waals surface area (Å²) in [6.07, 6.45) is 3.75. The molecule has 2 N–H and O–H groups in total. The maximum Gasteiger partial charge on any atom is 0.225 e. The molecular formula is C15H14N4OS. The van der Waals surface area contributed by atoms with Crippen LogP contribution in [0.1, 0.15) is 6.42 Å². The average Bonchev–Trinajstić information content (AvgIpc) is 2.96. The maximum atomic E-state index is 11.6. The highest BCUT2D eigenvalue weighted by atomic mass is 32.1. The third-order valence-electron chi connectivity index (χ3n) is 3.11. The molecular weight excluding hydrogens is 284 g/mol. The number of fused-ring (bicyclic) bond motifs is 1. The zero-order valence-electron chi connectivity index (χ0n) is 11.2. The molecule has 1 amide bonds. The number of hydrogen-bond donors (Lipinski definition) is 3. The van der Waals surface area contributed by atoms with Gasteiger partial charge in [0, 0.05) is 29.3 Å². The molecule has 0 radical (unpaired) electrons. The Kier molecular flexibility index (Phi) is 3.87. The summed E-state index contributed by atoms with van der Waals surface area (Å²) in [7, 11) is 0. The van der Waals surface area contributed by atoms with Crippen molar-refractivity contribution in [2.45, 2.75) is 6.42 Å². The molecule has 2 aromatic heterocycles. The Balaban J connectivity index is 1.96. The predicted octanol–water partition coefficient (Wildman–Crippen LogP) is 2.88. The van der Waals surface area contributed by atoms with Crippen molar-refractivity contribution in [1.82, 2.24) is 15.0 Å². The largest absolute Gasteiger partial charge is 0.346 e. The number of aromatic nitrogens is 3. The lowest BCUT2D eigenvalue weighted by Gasteiger charge is -2.07. The first-order chi connectivity index (χ1) is 10.3. The van der Waals surface area contributed by atoms with Gasteiger partial charge < -0.3 is 10.3 Å². The van der Waals surface area contributed by atoms with E-state index in [4.69, 9.17) is 0 Å². The number of aromatic amines is 1. The summed E-state index contributed by atoms with van der Waals surface area (Å²) in [6.45, 7) is 0. The van der Waals surface area contributed by atoms with Crippen LogP contribution >= 0.6 is 12.6 Å². The second kappa shape index (κ2) is 5.97. The van der Waals surface area contributed by atoms with E-state index in [1.54, 1.807) is 0 Å². The minimum Gasteiger partial charge on any atom is -0.346 e. The highest BCUT2D eigenvalue weighted by molar-refractivity contribution is 7.80. The van der Waals surface area contributed by atoms with Crippen LogP contribution in [0.3, 0.4) is 0 Å². The standard InChI is InChI=1S/C15H14N4OS/c20-13(5-7-21)19-11-3-1-2-10(8-11)14-12-4-6-16-15(12)18-9-17-14/h1-4,6,8-9,21H,5,7H2,(H,19,20)(H,16,17,18). The minimum absolute atomic E-state index is 0.0448. The van der Waals surface area contributed by atoms with E-state index < -0.39 is 0 Å². The number of nitrogens with zero attached hydrogens (tertiary/aromatic N) is 2. The van der Waals surface area contributed by atoms with Crippen molar-refractivity contribution in [2.75, 3.05) is 11.1 Å². The second-order valence-electron chi connectivity index (χ2n) is 4.56. The molecule has 3 aromatic rings. The SMILES string of the molecule is O=C(CCS)Nc1cccc(-c2ncnc3[nH]ccc23)c1. The Morgan fingerprint density at radius 3 is 3.05 bits per heavy atom. The van der Waals surface area contributed by atoms with E-state index >= 15 is 0 Å². The summed E-state index contributed by atoms with van der Waals surface area (Å²) in [5.41, 5.74) is 3.32. The molecule has 1 aromatic carbocycles. The lowest BCUT2D eigenvalue weighted by Crippen LogP contribution is -2.11. The monoisotopic (exact) mass is 298 g/mol. The number of nitrogens with one attached hydrogen (secondary N) is 2. The fourth-order valence-corrected chi connectivity index (χ4v) is 2.37. The molecule has 0 aliphatic rings. The van der Waals surface area contributed by atoms with Crippen molar-refractivity contribution in [3.8, 4) is 11.3 Å². The van der Waals surface area contributed by atoms with E-state index in [9.17, 15) is 4.79 Å². The number of amides is 1. The van der Waals surface area contributed by atoms with E-state index in [1.165, 1.54) is 6.33 Å². The first kappa shape index (κ1) is 13.6. The molecule has 21 heavy (non-hydrogen) atoms. The fourth-order valence-electron chi connectivity index (χ4n) is 2.17. The molecule has 0 saturated heterocycles. The molecule has 0 aliphatic carbocycles. The number of thiol groups is 1. The molecule has 2 heterocycles. The van der Waals surface area contributed by atoms with Crippen LogP contribution in [0.4, 0.5) is 5.69 Å². The highest BCUT2D eigenvalue weighted by Gasteiger charge is 2.08. The van der Waals surface area contributed by atoms with Crippen LogP contribution < -0.4 is 5.32 Å². The van der Waals surface area contributed by atoms with E-state index in [0.29, 0.717) is 12.2 Å². The molecule has 0 bridgehead atoms. The summed E-state index contributed by atoms with van der Waals surface area (Å²) in [5, 5.41) is 3.81. The van der Waals surface area contributed by atoms with Crippen LogP contribution in [-0.2, 0) is 4.79 Å². The smallest absolute Gasteiger partial charge is 0.225 e. The Morgan fingerprint density at radius 1 is 1.29 bits per heavy atom. The lowest BCUT2D eigenvalue weighted by atomic mass is 10.1. The van der Waals surface area contributed by atoms with Gasteiger partial charge in [-0.3, -0.25) is 4.79 Å². The third-order valence-corrected chi connectivity index (χ3v) is 3.34. The molecule has 3 rings (SSSR count). The van der Waals surface area contributed by atoms with Crippen molar-refractivity contribution < 1.29 is 4.79 Å². The quantitative estimate of drug-likeness (QED) is 0.649. The van der Waals surface area contributed by atoms with E-state index in [-0.39, 0.29) is 5.91 Å². The summed E-state index contributed by atoms with van der Waals surface area (Å²) in [6, 6.07) is 9.56. The van der Waals surface area contributed by atoms with Gasteiger partial charge in [0.2, 0.25) is 5.91 Å². The van der Waals surface area contributed by atoms with Gasteiger partial charge in [0.05, 0.1) is 5.69 Å². The average molecular weight is 298 g/mol. The topological polar surface area (TPSA) is 70.7 Å². The molecule has 106 valence electrons. The molecule has 0 fully saturated rings. The van der Waals surface area contributed by atoms with Gasteiger partial charge in [0.25, 0.3) is 0 Å². The third kappa shape index (κ3) is 2.90. The van der Waals surface area contributed by atoms with Gasteiger partial charge in [0.1, 0.15) is 12.0 Å². The second-order valence-corrected chi connectivity index (χ2v) is 5.01. The van der Waals surface area contributed by atoms with Gasteiger partial charge in [-0.2, -0.15) is 12.6 Å². The molecule has 0 unspecified atom stereocenters. The Morgan fingerprint density at radius 2 is 2.19 bits per heavy atom. The predicted molar refractivity (Wildman–Crippen MR) is 86.4 cm³/mol. The molecule has 0 aliphatic heterocycles. The van der Waals surface area contributed by atoms with Gasteiger partial charge in [-0.05, 0) is 24.0 Å². The van der Waals surface area contributed by atoms with Crippen molar-refractivity contribution >= 4 is 35.3 Å². The minimum atomic E-state index is -0.0448. The molecule has 6 heteroatoms. The van der Waals surface area contributed by atoms with Crippen LogP contribution in [0.15, 0.2) is 42.9 Å². The van der Waals surface area contributed by atoms with Crippen LogP contribution in [0, 0.1) is 0 Å². The van der Waals surface area contributed by atoms with Crippen LogP contribution in [0.2, 0.25) is 0 Å². The fraction of sp³-hybridized carbons (Fsp3) is 0.133. The van der Waals surface area contributed by atoms with E-state index in [2.05, 4.69) is 32.9 Å². The zero-order chi connectivity index (χ0) is 14.7. The van der Waals surface area contributed by atoms with Crippen LogP contribution in [-0.4, -0.2) is 26.6 Å². The number of rotatable bonds is 4. The molecule has 0 saturated carbocycles. The van der Waals surface area contributed by atoms with Gasteiger partial charge in [0.15, 0.2) is 0 Å².